The van der Waals surface area contributed by atoms with Crippen LogP contribution in [0.25, 0.3) is 0 Å². The molecule has 2 aliphatic rings. The molecule has 0 radical (unpaired) electrons. The van der Waals surface area contributed by atoms with E-state index in [1.54, 1.807) is 12.1 Å². The summed E-state index contributed by atoms with van der Waals surface area (Å²) >= 11 is 0. The summed E-state index contributed by atoms with van der Waals surface area (Å²) in [6.07, 6.45) is 6.49. The summed E-state index contributed by atoms with van der Waals surface area (Å²) in [5, 5.41) is 13.7. The SMILES string of the molecule is CCC(Nc1nc(Nc2ccc(OC)c(F)c2)nc(NC2CCCN(C)CC2)n1)C1CCCN1. The number of benzene rings is 1. The van der Waals surface area contributed by atoms with E-state index in [0.29, 0.717) is 35.6 Å². The van der Waals surface area contributed by atoms with Crippen LogP contribution in [0.15, 0.2) is 18.2 Å². The highest BCUT2D eigenvalue weighted by Gasteiger charge is 2.24. The monoisotopic (exact) mass is 472 g/mol. The Morgan fingerprint density at radius 1 is 1.12 bits per heavy atom. The third kappa shape index (κ3) is 6.44. The molecule has 2 fully saturated rings. The quantitative estimate of drug-likeness (QED) is 0.436. The third-order valence-corrected chi connectivity index (χ3v) is 6.67. The number of halogens is 1. The second kappa shape index (κ2) is 11.6. The van der Waals surface area contributed by atoms with Crippen LogP contribution in [-0.4, -0.2) is 71.8 Å². The molecule has 3 atom stereocenters. The van der Waals surface area contributed by atoms with E-state index >= 15 is 0 Å². The third-order valence-electron chi connectivity index (χ3n) is 6.67. The van der Waals surface area contributed by atoms with Crippen molar-refractivity contribution in [3.63, 3.8) is 0 Å². The zero-order chi connectivity index (χ0) is 23.9. The molecule has 2 aromatic rings. The van der Waals surface area contributed by atoms with Crippen molar-refractivity contribution in [2.24, 2.45) is 0 Å². The molecule has 3 unspecified atom stereocenters. The number of nitrogens with zero attached hydrogens (tertiary/aromatic N) is 4. The van der Waals surface area contributed by atoms with Crippen LogP contribution < -0.4 is 26.0 Å². The van der Waals surface area contributed by atoms with Gasteiger partial charge >= 0.3 is 0 Å². The van der Waals surface area contributed by atoms with Crippen molar-refractivity contribution in [2.75, 3.05) is 49.7 Å². The number of methoxy groups -OCH3 is 1. The fourth-order valence-corrected chi connectivity index (χ4v) is 4.71. The molecule has 0 aliphatic carbocycles. The zero-order valence-corrected chi connectivity index (χ0v) is 20.4. The van der Waals surface area contributed by atoms with E-state index in [0.717, 1.165) is 51.7 Å². The minimum Gasteiger partial charge on any atom is -0.494 e. The summed E-state index contributed by atoms with van der Waals surface area (Å²) in [5.41, 5.74) is 0.544. The molecular weight excluding hydrogens is 435 g/mol. The molecule has 9 nitrogen and oxygen atoms in total. The molecule has 0 amide bonds. The molecule has 2 saturated heterocycles. The predicted molar refractivity (Wildman–Crippen MR) is 134 cm³/mol. The Morgan fingerprint density at radius 2 is 1.94 bits per heavy atom. The Kier molecular flexibility index (Phi) is 8.34. The van der Waals surface area contributed by atoms with E-state index in [9.17, 15) is 4.39 Å². The first-order valence-corrected chi connectivity index (χ1v) is 12.4. The molecule has 3 heterocycles. The van der Waals surface area contributed by atoms with Gasteiger partial charge in [-0.1, -0.05) is 6.92 Å². The summed E-state index contributed by atoms with van der Waals surface area (Å²) in [7, 11) is 3.60. The topological polar surface area (TPSA) is 99.3 Å². The maximum absolute atomic E-state index is 14.2. The number of rotatable bonds is 9. The summed E-state index contributed by atoms with van der Waals surface area (Å²) in [4.78, 5) is 16.3. The van der Waals surface area contributed by atoms with E-state index in [2.05, 4.69) is 50.1 Å². The Hall–Kier alpha value is -2.72. The zero-order valence-electron chi connectivity index (χ0n) is 20.4. The maximum Gasteiger partial charge on any atom is 0.233 e. The molecule has 0 bridgehead atoms. The lowest BCUT2D eigenvalue weighted by Gasteiger charge is -2.24. The first-order valence-electron chi connectivity index (χ1n) is 12.4. The van der Waals surface area contributed by atoms with Crippen molar-refractivity contribution < 1.29 is 9.13 Å². The first-order chi connectivity index (χ1) is 16.5. The average Bonchev–Trinajstić information content (AvgIpc) is 3.28. The number of ether oxygens (including phenoxy) is 1. The smallest absolute Gasteiger partial charge is 0.233 e. The van der Waals surface area contributed by atoms with Gasteiger partial charge in [0.15, 0.2) is 11.6 Å². The van der Waals surface area contributed by atoms with Gasteiger partial charge in [0, 0.05) is 29.9 Å². The highest BCUT2D eigenvalue weighted by atomic mass is 19.1. The van der Waals surface area contributed by atoms with Gasteiger partial charge in [-0.25, -0.2) is 4.39 Å². The van der Waals surface area contributed by atoms with Gasteiger partial charge in [0.2, 0.25) is 17.8 Å². The highest BCUT2D eigenvalue weighted by molar-refractivity contribution is 5.57. The van der Waals surface area contributed by atoms with Gasteiger partial charge in [0.25, 0.3) is 0 Å². The van der Waals surface area contributed by atoms with Crippen LogP contribution in [0.1, 0.15) is 45.4 Å². The van der Waals surface area contributed by atoms with E-state index in [4.69, 9.17) is 9.72 Å². The molecule has 34 heavy (non-hydrogen) atoms. The first kappa shape index (κ1) is 24.4. The molecule has 1 aromatic carbocycles. The van der Waals surface area contributed by atoms with Gasteiger partial charge < -0.3 is 30.9 Å². The van der Waals surface area contributed by atoms with Crippen LogP contribution in [0.4, 0.5) is 27.9 Å². The summed E-state index contributed by atoms with van der Waals surface area (Å²) in [6.45, 7) is 5.35. The molecule has 1 aromatic heterocycles. The summed E-state index contributed by atoms with van der Waals surface area (Å²) in [5.74, 6) is 1.15. The molecule has 2 aliphatic heterocycles. The van der Waals surface area contributed by atoms with Gasteiger partial charge in [-0.15, -0.1) is 0 Å². The molecule has 4 N–H and O–H groups in total. The minimum atomic E-state index is -0.445. The van der Waals surface area contributed by atoms with Crippen molar-refractivity contribution in [3.8, 4) is 5.75 Å². The molecule has 186 valence electrons. The number of aromatic nitrogens is 3. The van der Waals surface area contributed by atoms with E-state index < -0.39 is 5.82 Å². The number of hydrogen-bond donors (Lipinski definition) is 4. The summed E-state index contributed by atoms with van der Waals surface area (Å²) < 4.78 is 19.2. The van der Waals surface area contributed by atoms with Crippen LogP contribution in [0, 0.1) is 5.82 Å². The molecule has 0 saturated carbocycles. The second-order valence-electron chi connectivity index (χ2n) is 9.22. The lowest BCUT2D eigenvalue weighted by molar-refractivity contribution is 0.348. The maximum atomic E-state index is 14.2. The van der Waals surface area contributed by atoms with Crippen LogP contribution in [-0.2, 0) is 0 Å². The molecule has 10 heteroatoms. The largest absolute Gasteiger partial charge is 0.494 e. The number of nitrogens with one attached hydrogen (secondary N) is 4. The average molecular weight is 473 g/mol. The predicted octanol–water partition coefficient (Wildman–Crippen LogP) is 3.60. The number of likely N-dealkylation sites (tertiary alicyclic amines) is 1. The van der Waals surface area contributed by atoms with Gasteiger partial charge in [-0.3, -0.25) is 0 Å². The van der Waals surface area contributed by atoms with Gasteiger partial charge in [0.05, 0.1) is 7.11 Å². The van der Waals surface area contributed by atoms with Gasteiger partial charge in [0.1, 0.15) is 0 Å². The fraction of sp³-hybridized carbons (Fsp3) is 0.625. The lowest BCUT2D eigenvalue weighted by atomic mass is 10.0. The molecule has 0 spiro atoms. The number of hydrogen-bond acceptors (Lipinski definition) is 9. The lowest BCUT2D eigenvalue weighted by Crippen LogP contribution is -2.40. The normalized spacial score (nSPS) is 22.1. The van der Waals surface area contributed by atoms with Crippen molar-refractivity contribution in [2.45, 2.75) is 63.6 Å². The van der Waals surface area contributed by atoms with E-state index in [1.807, 2.05) is 0 Å². The highest BCUT2D eigenvalue weighted by Crippen LogP contribution is 2.24. The van der Waals surface area contributed by atoms with Crippen LogP contribution >= 0.6 is 0 Å². The van der Waals surface area contributed by atoms with Crippen LogP contribution in [0.2, 0.25) is 0 Å². The van der Waals surface area contributed by atoms with E-state index in [-0.39, 0.29) is 11.8 Å². The second-order valence-corrected chi connectivity index (χ2v) is 9.22. The Labute approximate surface area is 201 Å². The van der Waals surface area contributed by atoms with Crippen LogP contribution in [0.3, 0.4) is 0 Å². The Balaban J connectivity index is 1.56. The Bertz CT molecular complexity index is 939. The molecule has 4 rings (SSSR count). The van der Waals surface area contributed by atoms with Gasteiger partial charge in [-0.2, -0.15) is 15.0 Å². The van der Waals surface area contributed by atoms with Gasteiger partial charge in [-0.05, 0) is 77.3 Å². The van der Waals surface area contributed by atoms with E-state index in [1.165, 1.54) is 19.6 Å². The standard InChI is InChI=1S/C24H37FN8O/c1-4-19(20-8-5-12-26-20)29-24-31-22(27-16-7-6-13-33(2)14-11-16)30-23(32-24)28-17-9-10-21(34-3)18(25)15-17/h9-10,15-16,19-20,26H,4-8,11-14H2,1-3H3,(H3,27,28,29,30,31,32). The van der Waals surface area contributed by atoms with Crippen molar-refractivity contribution in [3.05, 3.63) is 24.0 Å². The van der Waals surface area contributed by atoms with Crippen molar-refractivity contribution in [1.29, 1.82) is 0 Å². The number of anilines is 4. The Morgan fingerprint density at radius 3 is 2.68 bits per heavy atom. The van der Waals surface area contributed by atoms with Crippen molar-refractivity contribution >= 4 is 23.5 Å². The molecular formula is C24H37FN8O. The minimum absolute atomic E-state index is 0.194. The van der Waals surface area contributed by atoms with Crippen LogP contribution in [0.5, 0.6) is 5.75 Å². The fourth-order valence-electron chi connectivity index (χ4n) is 4.71. The van der Waals surface area contributed by atoms with Crippen molar-refractivity contribution in [1.82, 2.24) is 25.2 Å². The summed E-state index contributed by atoms with van der Waals surface area (Å²) in [6, 6.07) is 5.60.